The van der Waals surface area contributed by atoms with E-state index in [1.54, 1.807) is 17.6 Å². The lowest BCUT2D eigenvalue weighted by atomic mass is 10.2. The number of rotatable bonds is 7. The second-order valence-electron chi connectivity index (χ2n) is 5.38. The Hall–Kier alpha value is -2.84. The molecule has 140 valence electrons. The molecule has 2 N–H and O–H groups in total. The number of anilines is 1. The van der Waals surface area contributed by atoms with Crippen LogP contribution in [0.1, 0.15) is 18.4 Å². The molecule has 0 fully saturated rings. The Morgan fingerprint density at radius 3 is 2.04 bits per heavy atom. The largest absolute Gasteiger partial charge is 0.494 e. The van der Waals surface area contributed by atoms with Gasteiger partial charge in [0.25, 0.3) is 0 Å². The minimum Gasteiger partial charge on any atom is -0.494 e. The molecule has 9 heteroatoms. The number of nitrogens with one attached hydrogen (secondary N) is 2. The summed E-state index contributed by atoms with van der Waals surface area (Å²) in [5, 5.41) is 0. The molecule has 0 aliphatic carbocycles. The Labute approximate surface area is 145 Å². The Bertz CT molecular complexity index is 768. The normalized spacial score (nSPS) is 10.5. The Morgan fingerprint density at radius 2 is 1.46 bits per heavy atom. The molecule has 1 amide bonds. The highest BCUT2D eigenvalue weighted by molar-refractivity contribution is 5.77. The van der Waals surface area contributed by atoms with Gasteiger partial charge in [0.2, 0.25) is 11.7 Å². The van der Waals surface area contributed by atoms with Crippen LogP contribution in [-0.2, 0) is 4.79 Å². The molecular weight excluding hydrogens is 359 g/mol. The van der Waals surface area contributed by atoms with Crippen molar-refractivity contribution in [3.8, 4) is 5.75 Å². The SMILES string of the molecule is Cc1ccc(OCCCC(=O)NNc2c(F)c(F)c(F)c(F)c2F)cc1. The molecule has 4 nitrogen and oxygen atoms in total. The van der Waals surface area contributed by atoms with E-state index in [0.717, 1.165) is 5.56 Å². The van der Waals surface area contributed by atoms with Gasteiger partial charge in [-0.15, -0.1) is 0 Å². The Morgan fingerprint density at radius 1 is 0.923 bits per heavy atom. The van der Waals surface area contributed by atoms with E-state index in [1.807, 2.05) is 24.5 Å². The summed E-state index contributed by atoms with van der Waals surface area (Å²) in [4.78, 5) is 11.6. The fraction of sp³-hybridized carbons (Fsp3) is 0.235. The van der Waals surface area contributed by atoms with Gasteiger partial charge >= 0.3 is 0 Å². The second kappa shape index (κ2) is 8.50. The molecule has 0 aliphatic heterocycles. The molecule has 2 aromatic rings. The van der Waals surface area contributed by atoms with Crippen LogP contribution in [0.2, 0.25) is 0 Å². The number of amides is 1. The topological polar surface area (TPSA) is 50.4 Å². The summed E-state index contributed by atoms with van der Waals surface area (Å²) in [5.41, 5.74) is 3.34. The highest BCUT2D eigenvalue weighted by Crippen LogP contribution is 2.26. The van der Waals surface area contributed by atoms with Gasteiger partial charge in [0.05, 0.1) is 6.61 Å². The number of ether oxygens (including phenoxy) is 1. The first kappa shape index (κ1) is 19.5. The van der Waals surface area contributed by atoms with E-state index in [-0.39, 0.29) is 19.4 Å². The molecule has 0 saturated carbocycles. The third-order valence-electron chi connectivity index (χ3n) is 3.37. The van der Waals surface area contributed by atoms with Crippen molar-refractivity contribution < 1.29 is 31.5 Å². The van der Waals surface area contributed by atoms with Crippen molar-refractivity contribution in [1.29, 1.82) is 0 Å². The first-order chi connectivity index (χ1) is 12.3. The second-order valence-corrected chi connectivity index (χ2v) is 5.38. The molecular formula is C17H15F5N2O2. The van der Waals surface area contributed by atoms with E-state index in [0.29, 0.717) is 5.75 Å². The van der Waals surface area contributed by atoms with E-state index in [1.165, 1.54) is 0 Å². The van der Waals surface area contributed by atoms with Crippen LogP contribution in [0.15, 0.2) is 24.3 Å². The highest BCUT2D eigenvalue weighted by Gasteiger charge is 2.25. The van der Waals surface area contributed by atoms with E-state index >= 15 is 0 Å². The van der Waals surface area contributed by atoms with Crippen molar-refractivity contribution in [3.05, 3.63) is 58.9 Å². The number of carbonyl (C=O) groups excluding carboxylic acids is 1. The monoisotopic (exact) mass is 374 g/mol. The summed E-state index contributed by atoms with van der Waals surface area (Å²) < 4.78 is 71.2. The van der Waals surface area contributed by atoms with Crippen LogP contribution in [0.25, 0.3) is 0 Å². The van der Waals surface area contributed by atoms with Gasteiger partial charge in [-0.1, -0.05) is 17.7 Å². The first-order valence-electron chi connectivity index (χ1n) is 7.57. The molecule has 0 radical (unpaired) electrons. The molecule has 0 spiro atoms. The molecule has 2 aromatic carbocycles. The predicted molar refractivity (Wildman–Crippen MR) is 83.9 cm³/mol. The number of carbonyl (C=O) groups is 1. The number of halogens is 5. The minimum atomic E-state index is -2.27. The van der Waals surface area contributed by atoms with Gasteiger partial charge in [-0.25, -0.2) is 22.0 Å². The fourth-order valence-corrected chi connectivity index (χ4v) is 1.97. The number of aryl methyl sites for hydroxylation is 1. The average Bonchev–Trinajstić information content (AvgIpc) is 2.63. The lowest BCUT2D eigenvalue weighted by molar-refractivity contribution is -0.120. The van der Waals surface area contributed by atoms with Crippen LogP contribution in [0.5, 0.6) is 5.75 Å². The van der Waals surface area contributed by atoms with Gasteiger partial charge in [-0.2, -0.15) is 0 Å². The lowest BCUT2D eigenvalue weighted by Gasteiger charge is -2.12. The number of hydrazine groups is 1. The van der Waals surface area contributed by atoms with Crippen LogP contribution in [0.3, 0.4) is 0 Å². The Balaban J connectivity index is 1.81. The number of hydrogen-bond donors (Lipinski definition) is 2. The molecule has 0 aliphatic rings. The zero-order valence-electron chi connectivity index (χ0n) is 13.6. The van der Waals surface area contributed by atoms with Gasteiger partial charge in [0, 0.05) is 6.42 Å². The lowest BCUT2D eigenvalue weighted by Crippen LogP contribution is -2.31. The summed E-state index contributed by atoms with van der Waals surface area (Å²) in [6.07, 6.45) is 0.187. The quantitative estimate of drug-likeness (QED) is 0.253. The van der Waals surface area contributed by atoms with Gasteiger partial charge in [-0.05, 0) is 25.5 Å². The van der Waals surface area contributed by atoms with E-state index < -0.39 is 40.7 Å². The standard InChI is InChI=1S/C17H15F5N2O2/c1-9-4-6-10(7-5-9)26-8-2-3-11(25)23-24-17-15(21)13(19)12(18)14(20)16(17)22/h4-7,24H,2-3,8H2,1H3,(H,23,25). The van der Waals surface area contributed by atoms with Crippen LogP contribution in [0, 0.1) is 36.0 Å². The third kappa shape index (κ3) is 4.62. The maximum atomic E-state index is 13.4. The summed E-state index contributed by atoms with van der Waals surface area (Å²) in [6, 6.07) is 7.24. The van der Waals surface area contributed by atoms with Gasteiger partial charge in [0.15, 0.2) is 23.3 Å². The maximum Gasteiger partial charge on any atom is 0.238 e. The number of hydrogen-bond acceptors (Lipinski definition) is 3. The summed E-state index contributed by atoms with van der Waals surface area (Å²) in [5.74, 6) is -10.7. The zero-order valence-corrected chi connectivity index (χ0v) is 13.6. The molecule has 0 atom stereocenters. The van der Waals surface area contributed by atoms with Gasteiger partial charge in [0.1, 0.15) is 11.4 Å². The third-order valence-corrected chi connectivity index (χ3v) is 3.37. The molecule has 0 saturated heterocycles. The molecule has 2 rings (SSSR count). The zero-order chi connectivity index (χ0) is 19.3. The number of benzene rings is 2. The van der Waals surface area contributed by atoms with Crippen molar-refractivity contribution in [3.63, 3.8) is 0 Å². The molecule has 0 aromatic heterocycles. The van der Waals surface area contributed by atoms with Crippen molar-refractivity contribution in [1.82, 2.24) is 5.43 Å². The first-order valence-corrected chi connectivity index (χ1v) is 7.57. The van der Waals surface area contributed by atoms with Crippen molar-refractivity contribution in [2.45, 2.75) is 19.8 Å². The molecule has 0 heterocycles. The molecule has 0 bridgehead atoms. The predicted octanol–water partition coefficient (Wildman–Crippen LogP) is 3.99. The summed E-state index contributed by atoms with van der Waals surface area (Å²) in [6.45, 7) is 2.13. The van der Waals surface area contributed by atoms with E-state index in [9.17, 15) is 26.7 Å². The Kier molecular flexibility index (Phi) is 6.37. The summed E-state index contributed by atoms with van der Waals surface area (Å²) in [7, 11) is 0. The van der Waals surface area contributed by atoms with E-state index in [4.69, 9.17) is 4.74 Å². The summed E-state index contributed by atoms with van der Waals surface area (Å²) >= 11 is 0. The smallest absolute Gasteiger partial charge is 0.238 e. The van der Waals surface area contributed by atoms with Crippen LogP contribution in [0.4, 0.5) is 27.6 Å². The highest BCUT2D eigenvalue weighted by atomic mass is 19.2. The molecule has 26 heavy (non-hydrogen) atoms. The van der Waals surface area contributed by atoms with Crippen LogP contribution in [-0.4, -0.2) is 12.5 Å². The van der Waals surface area contributed by atoms with Crippen LogP contribution >= 0.6 is 0 Å². The van der Waals surface area contributed by atoms with Crippen molar-refractivity contribution in [2.24, 2.45) is 0 Å². The van der Waals surface area contributed by atoms with Crippen molar-refractivity contribution >= 4 is 11.6 Å². The van der Waals surface area contributed by atoms with E-state index in [2.05, 4.69) is 0 Å². The van der Waals surface area contributed by atoms with Gasteiger partial charge < -0.3 is 4.74 Å². The minimum absolute atomic E-state index is 0.0890. The fourth-order valence-electron chi connectivity index (χ4n) is 1.97. The molecule has 0 unspecified atom stereocenters. The van der Waals surface area contributed by atoms with Crippen molar-refractivity contribution in [2.75, 3.05) is 12.0 Å². The van der Waals surface area contributed by atoms with Gasteiger partial charge in [-0.3, -0.25) is 15.6 Å². The van der Waals surface area contributed by atoms with Crippen LogP contribution < -0.4 is 15.6 Å². The average molecular weight is 374 g/mol. The maximum absolute atomic E-state index is 13.4.